The minimum atomic E-state index is -1.11. The summed E-state index contributed by atoms with van der Waals surface area (Å²) in [5.41, 5.74) is 2.61. The lowest BCUT2D eigenvalue weighted by Crippen LogP contribution is -2.05. The van der Waals surface area contributed by atoms with Gasteiger partial charge in [-0.25, -0.2) is 9.78 Å². The van der Waals surface area contributed by atoms with Crippen molar-refractivity contribution in [1.29, 1.82) is 0 Å². The number of fused-ring (bicyclic) bond motifs is 1. The third-order valence-corrected chi connectivity index (χ3v) is 3.53. The van der Waals surface area contributed by atoms with Crippen molar-refractivity contribution in [1.82, 2.24) is 4.98 Å². The Hall–Kier alpha value is -2.30. The van der Waals surface area contributed by atoms with E-state index in [1.54, 1.807) is 0 Å². The van der Waals surface area contributed by atoms with E-state index in [0.29, 0.717) is 0 Å². The quantitative estimate of drug-likeness (QED) is 0.927. The van der Waals surface area contributed by atoms with Crippen LogP contribution >= 0.6 is 0 Å². The Bertz CT molecular complexity index is 633. The van der Waals surface area contributed by atoms with E-state index in [1.807, 2.05) is 12.1 Å². The molecule has 3 rings (SSSR count). The van der Waals surface area contributed by atoms with Gasteiger partial charge in [0.1, 0.15) is 12.4 Å². The first-order chi connectivity index (χ1) is 9.74. The van der Waals surface area contributed by atoms with Gasteiger partial charge in [0.2, 0.25) is 0 Å². The van der Waals surface area contributed by atoms with Crippen LogP contribution in [-0.4, -0.2) is 16.1 Å². The maximum Gasteiger partial charge on any atom is 0.358 e. The Morgan fingerprint density at radius 3 is 2.90 bits per heavy atom. The lowest BCUT2D eigenvalue weighted by atomic mass is 9.92. The Morgan fingerprint density at radius 1 is 1.30 bits per heavy atom. The van der Waals surface area contributed by atoms with Gasteiger partial charge in [0.05, 0.1) is 0 Å². The molecule has 0 saturated carbocycles. The summed E-state index contributed by atoms with van der Waals surface area (Å²) in [6.07, 6.45) is 5.78. The summed E-state index contributed by atoms with van der Waals surface area (Å²) in [5.74, 6) is -0.142. The van der Waals surface area contributed by atoms with Crippen molar-refractivity contribution < 1.29 is 19.1 Å². The molecule has 0 saturated heterocycles. The summed E-state index contributed by atoms with van der Waals surface area (Å²) in [5, 5.41) is 8.93. The van der Waals surface area contributed by atoms with Gasteiger partial charge in [-0.05, 0) is 48.9 Å². The number of hydrogen-bond acceptors (Lipinski definition) is 4. The van der Waals surface area contributed by atoms with Crippen molar-refractivity contribution in [3.05, 3.63) is 47.2 Å². The van der Waals surface area contributed by atoms with Gasteiger partial charge in [-0.3, -0.25) is 0 Å². The zero-order valence-corrected chi connectivity index (χ0v) is 11.0. The van der Waals surface area contributed by atoms with Crippen LogP contribution in [0, 0.1) is 0 Å². The third kappa shape index (κ3) is 2.52. The molecule has 0 aliphatic heterocycles. The third-order valence-electron chi connectivity index (χ3n) is 3.53. The normalized spacial score (nSPS) is 13.8. The average Bonchev–Trinajstić information content (AvgIpc) is 2.93. The molecule has 0 fully saturated rings. The highest BCUT2D eigenvalue weighted by Gasteiger charge is 2.16. The molecule has 2 aromatic rings. The molecule has 1 aromatic heterocycles. The Kier molecular flexibility index (Phi) is 3.41. The monoisotopic (exact) mass is 273 g/mol. The highest BCUT2D eigenvalue weighted by atomic mass is 16.5. The van der Waals surface area contributed by atoms with Crippen LogP contribution in [0.3, 0.4) is 0 Å². The number of aromatic nitrogens is 1. The molecule has 0 amide bonds. The van der Waals surface area contributed by atoms with Crippen molar-refractivity contribution in [3.63, 3.8) is 0 Å². The summed E-state index contributed by atoms with van der Waals surface area (Å²) in [6, 6.07) is 6.04. The standard InChI is InChI=1S/C15H15NO4/c17-15(18)14-13(20-9-16-14)8-19-12-6-5-10-3-1-2-4-11(10)7-12/h5-7,9H,1-4,8H2,(H,17,18). The Balaban J connectivity index is 1.72. The molecule has 0 unspecified atom stereocenters. The van der Waals surface area contributed by atoms with Crippen LogP contribution in [-0.2, 0) is 19.4 Å². The zero-order valence-electron chi connectivity index (χ0n) is 11.0. The molecule has 5 nitrogen and oxygen atoms in total. The van der Waals surface area contributed by atoms with E-state index < -0.39 is 5.97 Å². The number of aromatic carboxylic acids is 1. The summed E-state index contributed by atoms with van der Waals surface area (Å²) in [4.78, 5) is 14.6. The number of benzene rings is 1. The molecule has 1 aromatic carbocycles. The zero-order chi connectivity index (χ0) is 13.9. The first kappa shape index (κ1) is 12.7. The van der Waals surface area contributed by atoms with E-state index in [9.17, 15) is 4.79 Å². The molecule has 0 radical (unpaired) electrons. The molecule has 1 N–H and O–H groups in total. The number of oxazole rings is 1. The second-order valence-electron chi connectivity index (χ2n) is 4.86. The SMILES string of the molecule is O=C(O)c1ncoc1COc1ccc2c(c1)CCCC2. The van der Waals surface area contributed by atoms with Crippen molar-refractivity contribution in [2.24, 2.45) is 0 Å². The van der Waals surface area contributed by atoms with Crippen LogP contribution in [0.1, 0.15) is 40.2 Å². The highest BCUT2D eigenvalue weighted by Crippen LogP contribution is 2.26. The van der Waals surface area contributed by atoms with Crippen molar-refractivity contribution >= 4 is 5.97 Å². The fourth-order valence-electron chi connectivity index (χ4n) is 2.50. The van der Waals surface area contributed by atoms with Crippen LogP contribution in [0.5, 0.6) is 5.75 Å². The van der Waals surface area contributed by atoms with Gasteiger partial charge in [-0.1, -0.05) is 6.07 Å². The van der Waals surface area contributed by atoms with Crippen LogP contribution in [0.2, 0.25) is 0 Å². The molecule has 20 heavy (non-hydrogen) atoms. The molecule has 0 atom stereocenters. The molecule has 1 aliphatic carbocycles. The molecular formula is C15H15NO4. The summed E-state index contributed by atoms with van der Waals surface area (Å²) in [7, 11) is 0. The van der Waals surface area contributed by atoms with E-state index in [1.165, 1.54) is 24.0 Å². The van der Waals surface area contributed by atoms with Gasteiger partial charge in [0.15, 0.2) is 17.8 Å². The number of carboxylic acids is 1. The van der Waals surface area contributed by atoms with E-state index in [0.717, 1.165) is 25.0 Å². The van der Waals surface area contributed by atoms with Gasteiger partial charge in [-0.2, -0.15) is 0 Å². The van der Waals surface area contributed by atoms with Gasteiger partial charge in [0.25, 0.3) is 0 Å². The molecule has 104 valence electrons. The largest absolute Gasteiger partial charge is 0.486 e. The maximum absolute atomic E-state index is 10.9. The van der Waals surface area contributed by atoms with Crippen LogP contribution in [0.25, 0.3) is 0 Å². The number of aryl methyl sites for hydroxylation is 2. The molecular weight excluding hydrogens is 258 g/mol. The second-order valence-corrected chi connectivity index (χ2v) is 4.86. The van der Waals surface area contributed by atoms with Gasteiger partial charge >= 0.3 is 5.97 Å². The van der Waals surface area contributed by atoms with Crippen LogP contribution < -0.4 is 4.74 Å². The van der Waals surface area contributed by atoms with Gasteiger partial charge in [-0.15, -0.1) is 0 Å². The summed E-state index contributed by atoms with van der Waals surface area (Å²) >= 11 is 0. The fraction of sp³-hybridized carbons (Fsp3) is 0.333. The summed E-state index contributed by atoms with van der Waals surface area (Å²) < 4.78 is 10.7. The average molecular weight is 273 g/mol. The second kappa shape index (κ2) is 5.36. The van der Waals surface area contributed by atoms with Crippen LogP contribution in [0.4, 0.5) is 0 Å². The number of rotatable bonds is 4. The Labute approximate surface area is 116 Å². The minimum absolute atomic E-state index is 0.0699. The molecule has 0 bridgehead atoms. The number of carboxylic acid groups (broad SMARTS) is 1. The molecule has 1 heterocycles. The smallest absolute Gasteiger partial charge is 0.358 e. The topological polar surface area (TPSA) is 72.6 Å². The minimum Gasteiger partial charge on any atom is -0.486 e. The van der Waals surface area contributed by atoms with Crippen molar-refractivity contribution in [2.45, 2.75) is 32.3 Å². The lowest BCUT2D eigenvalue weighted by molar-refractivity contribution is 0.0686. The molecule has 5 heteroatoms. The lowest BCUT2D eigenvalue weighted by Gasteiger charge is -2.16. The molecule has 1 aliphatic rings. The predicted molar refractivity (Wildman–Crippen MR) is 70.9 cm³/mol. The first-order valence-corrected chi connectivity index (χ1v) is 6.64. The summed E-state index contributed by atoms with van der Waals surface area (Å²) in [6.45, 7) is 0.0699. The molecule has 0 spiro atoms. The van der Waals surface area contributed by atoms with E-state index in [-0.39, 0.29) is 18.1 Å². The van der Waals surface area contributed by atoms with E-state index in [2.05, 4.69) is 11.1 Å². The Morgan fingerprint density at radius 2 is 2.10 bits per heavy atom. The number of carbonyl (C=O) groups is 1. The van der Waals surface area contributed by atoms with E-state index >= 15 is 0 Å². The van der Waals surface area contributed by atoms with Crippen molar-refractivity contribution in [2.75, 3.05) is 0 Å². The number of nitrogens with zero attached hydrogens (tertiary/aromatic N) is 1. The number of hydrogen-bond donors (Lipinski definition) is 1. The highest BCUT2D eigenvalue weighted by molar-refractivity contribution is 5.86. The van der Waals surface area contributed by atoms with E-state index in [4.69, 9.17) is 14.3 Å². The first-order valence-electron chi connectivity index (χ1n) is 6.64. The van der Waals surface area contributed by atoms with Crippen LogP contribution in [0.15, 0.2) is 29.0 Å². The fourth-order valence-corrected chi connectivity index (χ4v) is 2.50. The van der Waals surface area contributed by atoms with Gasteiger partial charge in [0, 0.05) is 0 Å². The number of ether oxygens (including phenoxy) is 1. The predicted octanol–water partition coefficient (Wildman–Crippen LogP) is 2.83. The van der Waals surface area contributed by atoms with Gasteiger partial charge < -0.3 is 14.3 Å². The van der Waals surface area contributed by atoms with Crippen molar-refractivity contribution in [3.8, 4) is 5.75 Å². The maximum atomic E-state index is 10.9.